The molecule has 0 heterocycles. The van der Waals surface area contributed by atoms with Crippen molar-refractivity contribution in [2.24, 2.45) is 0 Å². The summed E-state index contributed by atoms with van der Waals surface area (Å²) < 4.78 is 28.4. The summed E-state index contributed by atoms with van der Waals surface area (Å²) in [6.45, 7) is 0. The first-order valence-electron chi connectivity index (χ1n) is 7.50. The normalized spacial score (nSPS) is 12.2. The van der Waals surface area contributed by atoms with Gasteiger partial charge in [-0.2, -0.15) is 0 Å². The quantitative estimate of drug-likeness (QED) is 0.308. The summed E-state index contributed by atoms with van der Waals surface area (Å²) in [5.41, 5.74) is 1.50. The first-order chi connectivity index (χ1) is 12.0. The van der Waals surface area contributed by atoms with Gasteiger partial charge in [0.1, 0.15) is 0 Å². The van der Waals surface area contributed by atoms with Crippen molar-refractivity contribution in [2.45, 2.75) is 4.90 Å². The van der Waals surface area contributed by atoms with Gasteiger partial charge in [0.15, 0.2) is 0 Å². The van der Waals surface area contributed by atoms with Crippen LogP contribution >= 0.6 is 38.5 Å². The monoisotopic (exact) mass is 524 g/mol. The molecule has 0 aliphatic heterocycles. The summed E-state index contributed by atoms with van der Waals surface area (Å²) in [4.78, 5) is 0.564. The van der Waals surface area contributed by atoms with E-state index in [1.807, 2.05) is 48.5 Å². The maximum absolute atomic E-state index is 13.2. The topological polar surface area (TPSA) is 34.1 Å². The van der Waals surface area contributed by atoms with E-state index in [2.05, 4.69) is 38.5 Å². The van der Waals surface area contributed by atoms with Crippen LogP contribution in [0.2, 0.25) is 0 Å². The maximum atomic E-state index is 13.2. The van der Waals surface area contributed by atoms with Gasteiger partial charge in [0.25, 0.3) is 0 Å². The third-order valence-corrected chi connectivity index (χ3v) is 6.59. The van der Waals surface area contributed by atoms with E-state index in [-0.39, 0.29) is 9.80 Å². The smallest absolute Gasteiger partial charge is 0.207 e. The molecule has 0 radical (unpaired) electrons. The van der Waals surface area contributed by atoms with Crippen molar-refractivity contribution in [3.63, 3.8) is 0 Å². The number of sulfone groups is 1. The maximum Gasteiger partial charge on any atom is 0.207 e. The van der Waals surface area contributed by atoms with Gasteiger partial charge >= 0.3 is 0 Å². The molecule has 2 nitrogen and oxygen atoms in total. The van der Waals surface area contributed by atoms with E-state index < -0.39 is 9.84 Å². The molecule has 0 saturated heterocycles. The SMILES string of the molecule is O=S(=O)(/C(=C/c1cccc(I)c1)c1cccc(Br)c1)c1ccccc1. The molecule has 25 heavy (non-hydrogen) atoms. The van der Waals surface area contributed by atoms with Gasteiger partial charge in [0.2, 0.25) is 9.84 Å². The summed E-state index contributed by atoms with van der Waals surface area (Å²) >= 11 is 5.65. The number of halogens is 2. The van der Waals surface area contributed by atoms with E-state index in [4.69, 9.17) is 0 Å². The molecule has 0 aliphatic carbocycles. The van der Waals surface area contributed by atoms with Gasteiger partial charge in [0, 0.05) is 8.04 Å². The molecule has 0 fully saturated rings. The fourth-order valence-corrected chi connectivity index (χ4v) is 4.90. The Kier molecular flexibility index (Phi) is 5.76. The molecule has 0 aliphatic rings. The average molecular weight is 525 g/mol. The molecule has 0 bridgehead atoms. The predicted octanol–water partition coefficient (Wildman–Crippen LogP) is 6.03. The average Bonchev–Trinajstić information content (AvgIpc) is 2.60. The third-order valence-electron chi connectivity index (χ3n) is 3.60. The van der Waals surface area contributed by atoms with Gasteiger partial charge in [0.05, 0.1) is 9.80 Å². The van der Waals surface area contributed by atoms with Crippen LogP contribution in [0.5, 0.6) is 0 Å². The molecule has 0 aromatic heterocycles. The summed E-state index contributed by atoms with van der Waals surface area (Å²) in [6, 6.07) is 23.6. The van der Waals surface area contributed by atoms with Crippen LogP contribution in [0, 0.1) is 3.57 Å². The zero-order valence-corrected chi connectivity index (χ0v) is 17.6. The van der Waals surface area contributed by atoms with Gasteiger partial charge in [-0.1, -0.05) is 58.4 Å². The lowest BCUT2D eigenvalue weighted by Crippen LogP contribution is -2.04. The zero-order valence-electron chi connectivity index (χ0n) is 13.1. The fourth-order valence-electron chi connectivity index (χ4n) is 2.43. The van der Waals surface area contributed by atoms with Crippen LogP contribution in [0.25, 0.3) is 11.0 Å². The van der Waals surface area contributed by atoms with E-state index in [0.29, 0.717) is 5.56 Å². The van der Waals surface area contributed by atoms with Crippen molar-refractivity contribution in [1.82, 2.24) is 0 Å². The first kappa shape index (κ1) is 18.4. The lowest BCUT2D eigenvalue weighted by Gasteiger charge is -2.11. The molecule has 0 amide bonds. The molecular weight excluding hydrogens is 511 g/mol. The minimum absolute atomic E-state index is 0.280. The van der Waals surface area contributed by atoms with Gasteiger partial charge < -0.3 is 0 Å². The van der Waals surface area contributed by atoms with E-state index in [0.717, 1.165) is 13.6 Å². The third kappa shape index (κ3) is 4.40. The number of benzene rings is 3. The van der Waals surface area contributed by atoms with Crippen molar-refractivity contribution in [3.8, 4) is 0 Å². The zero-order chi connectivity index (χ0) is 17.9. The molecule has 5 heteroatoms. The lowest BCUT2D eigenvalue weighted by molar-refractivity contribution is 0.606. The van der Waals surface area contributed by atoms with Crippen molar-refractivity contribution < 1.29 is 8.42 Å². The minimum Gasteiger partial charge on any atom is -0.218 e. The molecule has 0 N–H and O–H groups in total. The molecule has 0 unspecified atom stereocenters. The molecule has 0 saturated carbocycles. The van der Waals surface area contributed by atoms with Gasteiger partial charge in [-0.15, -0.1) is 0 Å². The summed E-state index contributed by atoms with van der Waals surface area (Å²) in [5.74, 6) is 0. The van der Waals surface area contributed by atoms with Crippen LogP contribution in [0.4, 0.5) is 0 Å². The van der Waals surface area contributed by atoms with Crippen LogP contribution in [0.3, 0.4) is 0 Å². The summed E-state index contributed by atoms with van der Waals surface area (Å²) in [5, 5.41) is 0. The largest absolute Gasteiger partial charge is 0.218 e. The Hall–Kier alpha value is -1.44. The molecule has 3 aromatic carbocycles. The summed E-state index contributed by atoms with van der Waals surface area (Å²) in [6.07, 6.45) is 1.73. The first-order valence-corrected chi connectivity index (χ1v) is 10.9. The van der Waals surface area contributed by atoms with Crippen molar-refractivity contribution >= 4 is 59.3 Å². The highest BCUT2D eigenvalue weighted by atomic mass is 127. The van der Waals surface area contributed by atoms with Crippen LogP contribution < -0.4 is 0 Å². The van der Waals surface area contributed by atoms with E-state index >= 15 is 0 Å². The van der Waals surface area contributed by atoms with E-state index in [1.54, 1.807) is 36.4 Å². The van der Waals surface area contributed by atoms with Crippen LogP contribution in [0.1, 0.15) is 11.1 Å². The number of hydrogen-bond acceptors (Lipinski definition) is 2. The van der Waals surface area contributed by atoms with Crippen LogP contribution in [-0.2, 0) is 9.84 Å². The highest BCUT2D eigenvalue weighted by Crippen LogP contribution is 2.31. The second-order valence-corrected chi connectivity index (χ2v) is 9.47. The van der Waals surface area contributed by atoms with E-state index in [9.17, 15) is 8.42 Å². The van der Waals surface area contributed by atoms with Gasteiger partial charge in [-0.05, 0) is 76.2 Å². The molecule has 0 atom stereocenters. The highest BCUT2D eigenvalue weighted by molar-refractivity contribution is 14.1. The highest BCUT2D eigenvalue weighted by Gasteiger charge is 2.22. The minimum atomic E-state index is -3.64. The van der Waals surface area contributed by atoms with Crippen molar-refractivity contribution in [2.75, 3.05) is 0 Å². The van der Waals surface area contributed by atoms with Gasteiger partial charge in [-0.25, -0.2) is 8.42 Å². The molecular formula is C20H14BrIO2S. The molecule has 3 aromatic rings. The van der Waals surface area contributed by atoms with E-state index in [1.165, 1.54) is 0 Å². The second-order valence-electron chi connectivity index (χ2n) is 5.39. The summed E-state index contributed by atoms with van der Waals surface area (Å²) in [7, 11) is -3.64. The van der Waals surface area contributed by atoms with Crippen molar-refractivity contribution in [1.29, 1.82) is 0 Å². The Morgan fingerprint density at radius 1 is 0.880 bits per heavy atom. The van der Waals surface area contributed by atoms with Gasteiger partial charge in [-0.3, -0.25) is 0 Å². The lowest BCUT2D eigenvalue weighted by atomic mass is 10.1. The molecule has 0 spiro atoms. The Balaban J connectivity index is 2.23. The number of hydrogen-bond donors (Lipinski definition) is 0. The predicted molar refractivity (Wildman–Crippen MR) is 115 cm³/mol. The standard InChI is InChI=1S/C20H14BrIO2S/c21-17-8-5-7-16(14-17)20(13-15-6-4-9-18(22)12-15)25(23,24)19-10-2-1-3-11-19/h1-14H/b20-13+. The Bertz CT molecular complexity index is 1030. The molecule has 126 valence electrons. The second kappa shape index (κ2) is 7.85. The number of rotatable bonds is 4. The molecule has 3 rings (SSSR count). The van der Waals surface area contributed by atoms with Crippen LogP contribution in [-0.4, -0.2) is 8.42 Å². The Labute approximate surface area is 169 Å². The van der Waals surface area contributed by atoms with Crippen LogP contribution in [0.15, 0.2) is 88.2 Å². The Morgan fingerprint density at radius 2 is 1.60 bits per heavy atom. The fraction of sp³-hybridized carbons (Fsp3) is 0. The Morgan fingerprint density at radius 3 is 2.28 bits per heavy atom. The van der Waals surface area contributed by atoms with Crippen molar-refractivity contribution in [3.05, 3.63) is 98.0 Å².